The summed E-state index contributed by atoms with van der Waals surface area (Å²) in [4.78, 5) is 5.06. The molecule has 30 heavy (non-hydrogen) atoms. The molecule has 4 aromatic rings. The summed E-state index contributed by atoms with van der Waals surface area (Å²) in [5.41, 5.74) is 11.2. The minimum atomic E-state index is 0. The Morgan fingerprint density at radius 3 is 2.10 bits per heavy atom. The van der Waals surface area contributed by atoms with Crippen LogP contribution in [0.2, 0.25) is 0 Å². The molecule has 2 heterocycles. The van der Waals surface area contributed by atoms with Crippen molar-refractivity contribution in [2.24, 2.45) is 0 Å². The van der Waals surface area contributed by atoms with Gasteiger partial charge < -0.3 is 4.98 Å². The number of rotatable bonds is 4. The van der Waals surface area contributed by atoms with E-state index < -0.39 is 0 Å². The molecule has 0 bridgehead atoms. The third-order valence-corrected chi connectivity index (χ3v) is 5.89. The minimum absolute atomic E-state index is 0. The fourth-order valence-corrected chi connectivity index (χ4v) is 3.67. The Kier molecular flexibility index (Phi) is 6.73. The second-order valence-electron chi connectivity index (χ2n) is 7.55. The van der Waals surface area contributed by atoms with Gasteiger partial charge in [0.15, 0.2) is 0 Å². The molecule has 4 heteroatoms. The molecule has 0 N–H and O–H groups in total. The number of hydrogen-bond donors (Lipinski definition) is 0. The molecule has 0 spiro atoms. The summed E-state index contributed by atoms with van der Waals surface area (Å²) in [6.07, 6.45) is 0.708. The minimum Gasteiger partial charge on any atom is -0.300 e. The Bertz CT molecular complexity index is 1160. The largest absolute Gasteiger partial charge is 2.00 e. The van der Waals surface area contributed by atoms with Crippen molar-refractivity contribution < 1.29 is 21.1 Å². The summed E-state index contributed by atoms with van der Waals surface area (Å²) in [5.74, 6) is 0. The van der Waals surface area contributed by atoms with Crippen LogP contribution in [-0.2, 0) is 27.5 Å². The van der Waals surface area contributed by atoms with Crippen molar-refractivity contribution in [3.63, 3.8) is 0 Å². The van der Waals surface area contributed by atoms with Crippen molar-refractivity contribution in [3.05, 3.63) is 100.0 Å². The number of nitrogens with zero attached hydrogens (tertiary/aromatic N) is 3. The smallest absolute Gasteiger partial charge is 0.300 e. The fourth-order valence-electron chi connectivity index (χ4n) is 3.67. The maximum absolute atomic E-state index is 5.06. The normalized spacial score (nSPS) is 10.7. The summed E-state index contributed by atoms with van der Waals surface area (Å²) < 4.78 is 1.98. The van der Waals surface area contributed by atoms with Crippen molar-refractivity contribution in [3.8, 4) is 16.9 Å². The molecule has 2 aromatic carbocycles. The first-order valence-electron chi connectivity index (χ1n) is 9.93. The molecule has 0 amide bonds. The molecule has 2 aromatic heterocycles. The van der Waals surface area contributed by atoms with Crippen LogP contribution in [0.5, 0.6) is 0 Å². The molecule has 0 atom stereocenters. The number of benzene rings is 2. The zero-order valence-corrected chi connectivity index (χ0v) is 20.3. The van der Waals surface area contributed by atoms with E-state index in [1.165, 1.54) is 22.3 Å². The Labute approximate surface area is 193 Å². The Morgan fingerprint density at radius 2 is 1.47 bits per heavy atom. The van der Waals surface area contributed by atoms with Gasteiger partial charge in [-0.05, 0) is 57.1 Å². The van der Waals surface area contributed by atoms with Gasteiger partial charge in [-0.2, -0.15) is 29.4 Å². The van der Waals surface area contributed by atoms with Crippen molar-refractivity contribution in [2.75, 3.05) is 0 Å². The zero-order chi connectivity index (χ0) is 20.5. The molecule has 0 aliphatic rings. The predicted octanol–water partition coefficient (Wildman–Crippen LogP) is 5.67. The first kappa shape index (κ1) is 22.2. The third-order valence-electron chi connectivity index (χ3n) is 5.89. The Balaban J connectivity index is 0.00000256. The maximum Gasteiger partial charge on any atom is 2.00 e. The average Bonchev–Trinajstić information content (AvgIpc) is 3.04. The van der Waals surface area contributed by atoms with E-state index in [1.54, 1.807) is 0 Å². The van der Waals surface area contributed by atoms with E-state index in [9.17, 15) is 0 Å². The first-order chi connectivity index (χ1) is 14.0. The van der Waals surface area contributed by atoms with Crippen LogP contribution in [0.4, 0.5) is 0 Å². The van der Waals surface area contributed by atoms with E-state index in [-0.39, 0.29) is 21.1 Å². The number of aromatic nitrogens is 3. The van der Waals surface area contributed by atoms with Gasteiger partial charge in [0.2, 0.25) is 0 Å². The molecular formula is C26H25N3Pt. The van der Waals surface area contributed by atoms with Gasteiger partial charge in [0, 0.05) is 17.8 Å². The monoisotopic (exact) mass is 574 g/mol. The molecule has 154 valence electrons. The van der Waals surface area contributed by atoms with Crippen LogP contribution in [-0.4, -0.2) is 14.8 Å². The Morgan fingerprint density at radius 1 is 0.767 bits per heavy atom. The van der Waals surface area contributed by atoms with E-state index >= 15 is 0 Å². The van der Waals surface area contributed by atoms with Crippen LogP contribution in [0.15, 0.2) is 48.5 Å². The van der Waals surface area contributed by atoms with Gasteiger partial charge in [0.1, 0.15) is 0 Å². The van der Waals surface area contributed by atoms with E-state index in [4.69, 9.17) is 10.1 Å². The molecular weight excluding hydrogens is 549 g/mol. The first-order valence-corrected chi connectivity index (χ1v) is 9.93. The van der Waals surface area contributed by atoms with Gasteiger partial charge in [-0.15, -0.1) is 42.0 Å². The molecule has 0 saturated carbocycles. The van der Waals surface area contributed by atoms with Crippen LogP contribution in [0.3, 0.4) is 0 Å². The molecule has 4 rings (SSSR count). The molecule has 0 fully saturated rings. The van der Waals surface area contributed by atoms with E-state index in [2.05, 4.69) is 52.8 Å². The molecule has 0 saturated heterocycles. The van der Waals surface area contributed by atoms with E-state index in [0.717, 1.165) is 34.0 Å². The van der Waals surface area contributed by atoms with E-state index in [1.807, 2.05) is 47.1 Å². The number of hydrogen-bond acceptors (Lipinski definition) is 2. The summed E-state index contributed by atoms with van der Waals surface area (Å²) in [5, 5.41) is 4.91. The third kappa shape index (κ3) is 4.04. The molecule has 0 unspecified atom stereocenters. The van der Waals surface area contributed by atoms with Crippen LogP contribution >= 0.6 is 0 Å². The summed E-state index contributed by atoms with van der Waals surface area (Å²) in [7, 11) is 0. The zero-order valence-electron chi connectivity index (χ0n) is 18.0. The van der Waals surface area contributed by atoms with Gasteiger partial charge in [-0.1, -0.05) is 11.1 Å². The van der Waals surface area contributed by atoms with Gasteiger partial charge in [-0.3, -0.25) is 4.68 Å². The molecule has 0 aliphatic carbocycles. The topological polar surface area (TPSA) is 30.7 Å². The van der Waals surface area contributed by atoms with Crippen molar-refractivity contribution in [1.82, 2.24) is 14.8 Å². The van der Waals surface area contributed by atoms with Crippen LogP contribution in [0, 0.1) is 46.8 Å². The number of para-hydroxylation sites is 1. The van der Waals surface area contributed by atoms with Gasteiger partial charge >= 0.3 is 21.1 Å². The summed E-state index contributed by atoms with van der Waals surface area (Å²) in [6, 6.07) is 22.6. The van der Waals surface area contributed by atoms with Crippen molar-refractivity contribution >= 4 is 0 Å². The van der Waals surface area contributed by atoms with Crippen molar-refractivity contribution in [2.45, 2.75) is 41.0 Å². The van der Waals surface area contributed by atoms with Crippen LogP contribution in [0.25, 0.3) is 16.9 Å². The standard InChI is InChI=1S/C26H25N3.Pt/c1-17-18(2)24(27-26(19(17)3)22-12-8-6-9-13-22)16-25-20(4)21(5)29(28-25)23-14-10-7-11-15-23;/h6-12,14H,16H2,1-5H3;/q-2;+2. The SMILES string of the molecule is Cc1c(Cc2nn(-c3[c-]cccc3)c(C)c2C)nc(-c2[c-]cccc2)c(C)c1C.[Pt+2]. The second-order valence-corrected chi connectivity index (χ2v) is 7.55. The van der Waals surface area contributed by atoms with Crippen LogP contribution in [0.1, 0.15) is 39.3 Å². The second kappa shape index (κ2) is 9.10. The van der Waals surface area contributed by atoms with Crippen molar-refractivity contribution in [1.29, 1.82) is 0 Å². The van der Waals surface area contributed by atoms with E-state index in [0.29, 0.717) is 6.42 Å². The van der Waals surface area contributed by atoms with Gasteiger partial charge in [-0.25, -0.2) is 0 Å². The van der Waals surface area contributed by atoms with Crippen LogP contribution < -0.4 is 0 Å². The molecule has 0 radical (unpaired) electrons. The fraction of sp³-hybridized carbons (Fsp3) is 0.231. The number of pyridine rings is 1. The molecule has 0 aliphatic heterocycles. The average molecular weight is 575 g/mol. The summed E-state index contributed by atoms with van der Waals surface area (Å²) >= 11 is 0. The maximum atomic E-state index is 5.06. The molecule has 3 nitrogen and oxygen atoms in total. The predicted molar refractivity (Wildman–Crippen MR) is 117 cm³/mol. The Hall–Kier alpha value is -2.51. The summed E-state index contributed by atoms with van der Waals surface area (Å²) in [6.45, 7) is 10.7. The quantitative estimate of drug-likeness (QED) is 0.295. The van der Waals surface area contributed by atoms with Gasteiger partial charge in [0.05, 0.1) is 5.69 Å². The van der Waals surface area contributed by atoms with Gasteiger partial charge in [0.25, 0.3) is 0 Å².